The summed E-state index contributed by atoms with van der Waals surface area (Å²) in [7, 11) is 0. The van der Waals surface area contributed by atoms with Crippen LogP contribution in [-0.4, -0.2) is 4.98 Å². The molecule has 0 unspecified atom stereocenters. The predicted octanol–water partition coefficient (Wildman–Crippen LogP) is 4.19. The van der Waals surface area contributed by atoms with Crippen LogP contribution in [0, 0.1) is 11.3 Å². The second-order valence-electron chi connectivity index (χ2n) is 4.61. The topological polar surface area (TPSA) is 74.7 Å². The molecule has 3 rings (SSSR count). The first-order valence-corrected chi connectivity index (χ1v) is 7.07. The van der Waals surface area contributed by atoms with Crippen molar-refractivity contribution in [3.8, 4) is 6.07 Å². The summed E-state index contributed by atoms with van der Waals surface area (Å²) in [6, 6.07) is 15.8. The summed E-state index contributed by atoms with van der Waals surface area (Å²) in [5, 5.41) is 14.5. The van der Waals surface area contributed by atoms with Crippen molar-refractivity contribution < 1.29 is 0 Å². The molecule has 21 heavy (non-hydrogen) atoms. The normalized spacial score (nSPS) is 10.3. The summed E-state index contributed by atoms with van der Waals surface area (Å²) >= 11 is 3.46. The largest absolute Gasteiger partial charge is 0.397 e. The van der Waals surface area contributed by atoms with Gasteiger partial charge in [0.15, 0.2) is 0 Å². The van der Waals surface area contributed by atoms with E-state index < -0.39 is 0 Å². The summed E-state index contributed by atoms with van der Waals surface area (Å²) in [5.41, 5.74) is 7.41. The number of rotatable bonds is 2. The predicted molar refractivity (Wildman–Crippen MR) is 88.3 cm³/mol. The maximum absolute atomic E-state index is 9.13. The zero-order chi connectivity index (χ0) is 14.8. The Bertz CT molecular complexity index is 868. The van der Waals surface area contributed by atoms with E-state index in [1.807, 2.05) is 30.3 Å². The first-order chi connectivity index (χ1) is 10.2. The van der Waals surface area contributed by atoms with E-state index in [1.165, 1.54) is 6.20 Å². The van der Waals surface area contributed by atoms with E-state index in [4.69, 9.17) is 11.0 Å². The third-order valence-corrected chi connectivity index (χ3v) is 3.59. The molecule has 3 N–H and O–H groups in total. The fourth-order valence-electron chi connectivity index (χ4n) is 2.10. The maximum atomic E-state index is 9.13. The van der Waals surface area contributed by atoms with Crippen LogP contribution in [0.5, 0.6) is 0 Å². The average Bonchev–Trinajstić information content (AvgIpc) is 2.49. The highest BCUT2D eigenvalue weighted by Crippen LogP contribution is 2.25. The molecule has 1 aromatic heterocycles. The van der Waals surface area contributed by atoms with E-state index in [0.717, 1.165) is 20.9 Å². The molecule has 0 aliphatic heterocycles. The number of aromatic nitrogens is 1. The molecule has 0 aliphatic rings. The lowest BCUT2D eigenvalue weighted by Gasteiger charge is -2.09. The van der Waals surface area contributed by atoms with Gasteiger partial charge in [0.05, 0.1) is 17.4 Å². The van der Waals surface area contributed by atoms with Gasteiger partial charge in [-0.2, -0.15) is 5.26 Å². The number of anilines is 3. The number of hydrogen-bond donors (Lipinski definition) is 2. The number of benzene rings is 2. The third-order valence-electron chi connectivity index (χ3n) is 3.09. The molecule has 0 atom stereocenters. The maximum Gasteiger partial charge on any atom is 0.148 e. The average molecular weight is 339 g/mol. The van der Waals surface area contributed by atoms with Crippen LogP contribution in [-0.2, 0) is 0 Å². The molecule has 1 heterocycles. The molecular weight excluding hydrogens is 328 g/mol. The molecule has 0 bridgehead atoms. The van der Waals surface area contributed by atoms with Gasteiger partial charge in [-0.1, -0.05) is 28.1 Å². The number of nitrogens with two attached hydrogens (primary N) is 1. The molecule has 2 aromatic carbocycles. The van der Waals surface area contributed by atoms with Crippen LogP contribution in [0.3, 0.4) is 0 Å². The van der Waals surface area contributed by atoms with E-state index in [1.54, 1.807) is 6.07 Å². The van der Waals surface area contributed by atoms with Gasteiger partial charge in [-0.05, 0) is 41.1 Å². The first kappa shape index (κ1) is 13.4. The number of halogens is 1. The van der Waals surface area contributed by atoms with Crippen LogP contribution in [0.25, 0.3) is 10.8 Å². The second kappa shape index (κ2) is 5.43. The van der Waals surface area contributed by atoms with E-state index in [2.05, 4.69) is 38.4 Å². The van der Waals surface area contributed by atoms with Crippen molar-refractivity contribution in [2.45, 2.75) is 0 Å². The highest BCUT2D eigenvalue weighted by atomic mass is 79.9. The van der Waals surface area contributed by atoms with Crippen LogP contribution in [0.2, 0.25) is 0 Å². The van der Waals surface area contributed by atoms with Crippen molar-refractivity contribution >= 4 is 43.9 Å². The molecule has 0 radical (unpaired) electrons. The molecule has 5 heteroatoms. The van der Waals surface area contributed by atoms with Crippen LogP contribution in [0.15, 0.2) is 53.1 Å². The number of nitrogens with zero attached hydrogens (tertiary/aromatic N) is 2. The second-order valence-corrected chi connectivity index (χ2v) is 5.52. The highest BCUT2D eigenvalue weighted by Gasteiger charge is 2.05. The van der Waals surface area contributed by atoms with Crippen LogP contribution in [0.1, 0.15) is 5.56 Å². The van der Waals surface area contributed by atoms with Gasteiger partial charge in [0, 0.05) is 10.2 Å². The fraction of sp³-hybridized carbons (Fsp3) is 0. The number of nitrogens with one attached hydrogen (secondary N) is 1. The quantitative estimate of drug-likeness (QED) is 0.734. The molecule has 0 saturated carbocycles. The minimum absolute atomic E-state index is 0.422. The third kappa shape index (κ3) is 2.81. The number of pyridine rings is 1. The van der Waals surface area contributed by atoms with Gasteiger partial charge in [0.25, 0.3) is 0 Å². The number of nitrogen functional groups attached to an aromatic ring is 1. The summed E-state index contributed by atoms with van der Waals surface area (Å²) < 4.78 is 1.04. The summed E-state index contributed by atoms with van der Waals surface area (Å²) in [6.45, 7) is 0. The zero-order valence-corrected chi connectivity index (χ0v) is 12.6. The minimum atomic E-state index is 0.422. The van der Waals surface area contributed by atoms with Crippen molar-refractivity contribution in [2.24, 2.45) is 0 Å². The Morgan fingerprint density at radius 1 is 1.10 bits per heavy atom. The molecule has 4 nitrogen and oxygen atoms in total. The van der Waals surface area contributed by atoms with E-state index >= 15 is 0 Å². The standard InChI is InChI=1S/C16H11BrN4/c17-13-3-1-11-7-15(4-2-10(11)5-13)21-16-12(8-18)6-14(19)9-20-16/h1-7,9H,19H2,(H,20,21). The van der Waals surface area contributed by atoms with Gasteiger partial charge in [0.1, 0.15) is 11.9 Å². The summed E-state index contributed by atoms with van der Waals surface area (Å²) in [6.07, 6.45) is 1.53. The monoisotopic (exact) mass is 338 g/mol. The van der Waals surface area contributed by atoms with E-state index in [9.17, 15) is 0 Å². The molecule has 0 amide bonds. The van der Waals surface area contributed by atoms with Gasteiger partial charge in [-0.25, -0.2) is 4.98 Å². The van der Waals surface area contributed by atoms with E-state index in [0.29, 0.717) is 17.1 Å². The van der Waals surface area contributed by atoms with Crippen LogP contribution >= 0.6 is 15.9 Å². The Labute approximate surface area is 130 Å². The van der Waals surface area contributed by atoms with Crippen molar-refractivity contribution in [1.82, 2.24) is 4.98 Å². The molecule has 0 spiro atoms. The van der Waals surface area contributed by atoms with Gasteiger partial charge < -0.3 is 11.1 Å². The Morgan fingerprint density at radius 3 is 2.67 bits per heavy atom. The minimum Gasteiger partial charge on any atom is -0.397 e. The van der Waals surface area contributed by atoms with Gasteiger partial charge in [-0.3, -0.25) is 0 Å². The molecule has 0 fully saturated rings. The first-order valence-electron chi connectivity index (χ1n) is 6.28. The van der Waals surface area contributed by atoms with Crippen molar-refractivity contribution in [3.63, 3.8) is 0 Å². The van der Waals surface area contributed by atoms with Crippen molar-refractivity contribution in [1.29, 1.82) is 5.26 Å². The highest BCUT2D eigenvalue weighted by molar-refractivity contribution is 9.10. The van der Waals surface area contributed by atoms with Crippen LogP contribution < -0.4 is 11.1 Å². The number of hydrogen-bond acceptors (Lipinski definition) is 4. The lowest BCUT2D eigenvalue weighted by atomic mass is 10.1. The van der Waals surface area contributed by atoms with E-state index in [-0.39, 0.29) is 0 Å². The summed E-state index contributed by atoms with van der Waals surface area (Å²) in [4.78, 5) is 4.17. The zero-order valence-electron chi connectivity index (χ0n) is 11.0. The Balaban J connectivity index is 1.99. The van der Waals surface area contributed by atoms with Gasteiger partial charge in [-0.15, -0.1) is 0 Å². The smallest absolute Gasteiger partial charge is 0.148 e. The molecular formula is C16H11BrN4. The molecule has 3 aromatic rings. The molecule has 0 aliphatic carbocycles. The Morgan fingerprint density at radius 2 is 1.86 bits per heavy atom. The lowest BCUT2D eigenvalue weighted by Crippen LogP contribution is -1.98. The number of fused-ring (bicyclic) bond motifs is 1. The Hall–Kier alpha value is -2.58. The lowest BCUT2D eigenvalue weighted by molar-refractivity contribution is 1.29. The summed E-state index contributed by atoms with van der Waals surface area (Å²) in [5.74, 6) is 0.503. The Kier molecular flexibility index (Phi) is 3.46. The van der Waals surface area contributed by atoms with Crippen molar-refractivity contribution in [3.05, 3.63) is 58.7 Å². The van der Waals surface area contributed by atoms with Crippen LogP contribution in [0.4, 0.5) is 17.2 Å². The SMILES string of the molecule is N#Cc1cc(N)cnc1Nc1ccc2cc(Br)ccc2c1. The number of nitriles is 1. The van der Waals surface area contributed by atoms with Crippen molar-refractivity contribution in [2.75, 3.05) is 11.1 Å². The molecule has 102 valence electrons. The molecule has 0 saturated heterocycles. The van der Waals surface area contributed by atoms with Gasteiger partial charge >= 0.3 is 0 Å². The van der Waals surface area contributed by atoms with Gasteiger partial charge in [0.2, 0.25) is 0 Å². The fourth-order valence-corrected chi connectivity index (χ4v) is 2.48.